The highest BCUT2D eigenvalue weighted by atomic mass is 19.1. The van der Waals surface area contributed by atoms with Crippen molar-refractivity contribution in [1.29, 1.82) is 0 Å². The van der Waals surface area contributed by atoms with Crippen LogP contribution in [0.15, 0.2) is 24.3 Å². The highest BCUT2D eigenvalue weighted by Gasteiger charge is 2.46. The molecule has 1 saturated heterocycles. The summed E-state index contributed by atoms with van der Waals surface area (Å²) in [6.07, 6.45) is 3.20. The second-order valence-corrected chi connectivity index (χ2v) is 5.14. The van der Waals surface area contributed by atoms with Gasteiger partial charge in [0.15, 0.2) is 0 Å². The molecule has 1 aliphatic carbocycles. The maximum atomic E-state index is 12.9. The number of piperidine rings is 1. The van der Waals surface area contributed by atoms with Crippen LogP contribution in [-0.2, 0) is 4.79 Å². The smallest absolute Gasteiger partial charge is 0.226 e. The minimum atomic E-state index is -0.227. The SMILES string of the molecule is C[C@@H](c1ccc(F)cc1)N1C(=O)[C@H]2CC[C@@H]1C2. The second kappa shape index (κ2) is 3.83. The molecule has 2 bridgehead atoms. The Morgan fingerprint density at radius 2 is 2.00 bits per heavy atom. The number of rotatable bonds is 2. The van der Waals surface area contributed by atoms with E-state index in [1.807, 2.05) is 11.8 Å². The lowest BCUT2D eigenvalue weighted by Gasteiger charge is -2.33. The second-order valence-electron chi connectivity index (χ2n) is 5.14. The lowest BCUT2D eigenvalue weighted by atomic mass is 10.0. The van der Waals surface area contributed by atoms with Crippen LogP contribution in [0.2, 0.25) is 0 Å². The van der Waals surface area contributed by atoms with E-state index in [1.165, 1.54) is 12.1 Å². The summed E-state index contributed by atoms with van der Waals surface area (Å²) >= 11 is 0. The van der Waals surface area contributed by atoms with Crippen LogP contribution in [0.5, 0.6) is 0 Å². The van der Waals surface area contributed by atoms with E-state index in [1.54, 1.807) is 12.1 Å². The molecule has 1 aliphatic heterocycles. The molecule has 3 atom stereocenters. The minimum absolute atomic E-state index is 0.0680. The summed E-state index contributed by atoms with van der Waals surface area (Å²) in [5.41, 5.74) is 1.02. The van der Waals surface area contributed by atoms with Crippen LogP contribution in [0.4, 0.5) is 4.39 Å². The van der Waals surface area contributed by atoms with Crippen molar-refractivity contribution in [3.05, 3.63) is 35.6 Å². The molecule has 1 saturated carbocycles. The first-order valence-electron chi connectivity index (χ1n) is 6.24. The van der Waals surface area contributed by atoms with Crippen molar-refractivity contribution in [3.63, 3.8) is 0 Å². The topological polar surface area (TPSA) is 20.3 Å². The summed E-state index contributed by atoms with van der Waals surface area (Å²) < 4.78 is 12.9. The predicted molar refractivity (Wildman–Crippen MR) is 62.8 cm³/mol. The van der Waals surface area contributed by atoms with Gasteiger partial charge in [-0.3, -0.25) is 4.79 Å². The third-order valence-corrected chi connectivity index (χ3v) is 4.17. The van der Waals surface area contributed by atoms with Gasteiger partial charge in [0.05, 0.1) is 6.04 Å². The quantitative estimate of drug-likeness (QED) is 0.769. The Kier molecular flexibility index (Phi) is 2.42. The third-order valence-electron chi connectivity index (χ3n) is 4.17. The van der Waals surface area contributed by atoms with Crippen molar-refractivity contribution >= 4 is 5.91 Å². The summed E-state index contributed by atoms with van der Waals surface area (Å²) in [7, 11) is 0. The minimum Gasteiger partial charge on any atom is -0.333 e. The molecular formula is C14H16FNO. The van der Waals surface area contributed by atoms with E-state index >= 15 is 0 Å². The fourth-order valence-corrected chi connectivity index (χ4v) is 3.23. The van der Waals surface area contributed by atoms with Gasteiger partial charge in [0, 0.05) is 12.0 Å². The van der Waals surface area contributed by atoms with Crippen molar-refractivity contribution in [2.45, 2.75) is 38.3 Å². The van der Waals surface area contributed by atoms with Gasteiger partial charge in [0.25, 0.3) is 0 Å². The van der Waals surface area contributed by atoms with Crippen LogP contribution in [0.1, 0.15) is 37.8 Å². The van der Waals surface area contributed by atoms with Gasteiger partial charge in [-0.15, -0.1) is 0 Å². The van der Waals surface area contributed by atoms with E-state index in [2.05, 4.69) is 0 Å². The normalized spacial score (nSPS) is 28.8. The molecule has 3 heteroatoms. The van der Waals surface area contributed by atoms with Gasteiger partial charge in [-0.05, 0) is 43.9 Å². The van der Waals surface area contributed by atoms with Crippen molar-refractivity contribution in [1.82, 2.24) is 4.90 Å². The zero-order valence-corrected chi connectivity index (χ0v) is 9.90. The zero-order valence-electron chi connectivity index (χ0n) is 9.90. The summed E-state index contributed by atoms with van der Waals surface area (Å²) in [5.74, 6) is 0.316. The summed E-state index contributed by atoms with van der Waals surface area (Å²) in [5, 5.41) is 0. The van der Waals surface area contributed by atoms with E-state index < -0.39 is 0 Å². The lowest BCUT2D eigenvalue weighted by molar-refractivity contribution is -0.136. The van der Waals surface area contributed by atoms with E-state index in [9.17, 15) is 9.18 Å². The number of carbonyl (C=O) groups is 1. The third kappa shape index (κ3) is 1.65. The summed E-state index contributed by atoms with van der Waals surface area (Å²) in [6, 6.07) is 6.96. The first kappa shape index (κ1) is 10.8. The standard InChI is InChI=1S/C14H16FNO/c1-9(10-2-5-12(15)6-3-10)16-13-7-4-11(8-13)14(16)17/h2-3,5-6,9,11,13H,4,7-8H2,1H3/t9-,11-,13+/m0/s1. The van der Waals surface area contributed by atoms with Gasteiger partial charge in [-0.1, -0.05) is 12.1 Å². The number of hydrogen-bond acceptors (Lipinski definition) is 1. The van der Waals surface area contributed by atoms with Crippen molar-refractivity contribution in [2.75, 3.05) is 0 Å². The number of hydrogen-bond donors (Lipinski definition) is 0. The van der Waals surface area contributed by atoms with Crippen LogP contribution < -0.4 is 0 Å². The molecule has 17 heavy (non-hydrogen) atoms. The maximum absolute atomic E-state index is 12.9. The number of benzene rings is 1. The van der Waals surface area contributed by atoms with Crippen molar-refractivity contribution in [3.8, 4) is 0 Å². The fraction of sp³-hybridized carbons (Fsp3) is 0.500. The Labute approximate surface area is 100 Å². The number of carbonyl (C=O) groups excluding carboxylic acids is 1. The predicted octanol–water partition coefficient (Wildman–Crippen LogP) is 2.90. The van der Waals surface area contributed by atoms with Gasteiger partial charge in [-0.25, -0.2) is 4.39 Å². The van der Waals surface area contributed by atoms with E-state index in [-0.39, 0.29) is 23.7 Å². The average Bonchev–Trinajstić information content (AvgIpc) is 2.89. The lowest BCUT2D eigenvalue weighted by Crippen LogP contribution is -2.38. The molecule has 1 amide bonds. The number of nitrogens with zero attached hydrogens (tertiary/aromatic N) is 1. The van der Waals surface area contributed by atoms with E-state index in [4.69, 9.17) is 0 Å². The van der Waals surface area contributed by atoms with E-state index in [0.717, 1.165) is 24.8 Å². The van der Waals surface area contributed by atoms with Crippen LogP contribution in [0.25, 0.3) is 0 Å². The first-order valence-corrected chi connectivity index (χ1v) is 6.24. The number of halogens is 1. The summed E-state index contributed by atoms with van der Waals surface area (Å²) in [4.78, 5) is 14.1. The van der Waals surface area contributed by atoms with Crippen LogP contribution in [-0.4, -0.2) is 16.8 Å². The molecule has 0 radical (unpaired) electrons. The number of amides is 1. The molecular weight excluding hydrogens is 217 g/mol. The molecule has 1 heterocycles. The van der Waals surface area contributed by atoms with Crippen LogP contribution in [0, 0.1) is 11.7 Å². The molecule has 1 aromatic carbocycles. The van der Waals surface area contributed by atoms with Gasteiger partial charge < -0.3 is 4.90 Å². The van der Waals surface area contributed by atoms with Gasteiger partial charge >= 0.3 is 0 Å². The fourth-order valence-electron chi connectivity index (χ4n) is 3.23. The molecule has 0 aromatic heterocycles. The molecule has 0 spiro atoms. The summed E-state index contributed by atoms with van der Waals surface area (Å²) in [6.45, 7) is 2.03. The van der Waals surface area contributed by atoms with Crippen molar-refractivity contribution < 1.29 is 9.18 Å². The largest absolute Gasteiger partial charge is 0.333 e. The molecule has 2 nitrogen and oxygen atoms in total. The number of fused-ring (bicyclic) bond motifs is 2. The average molecular weight is 233 g/mol. The molecule has 3 rings (SSSR count). The molecule has 2 aliphatic rings. The maximum Gasteiger partial charge on any atom is 0.226 e. The molecule has 90 valence electrons. The zero-order chi connectivity index (χ0) is 12.0. The Morgan fingerprint density at radius 3 is 2.59 bits per heavy atom. The van der Waals surface area contributed by atoms with Gasteiger partial charge in [-0.2, -0.15) is 0 Å². The Bertz CT molecular complexity index is 442. The molecule has 1 aromatic rings. The highest BCUT2D eigenvalue weighted by molar-refractivity contribution is 5.83. The van der Waals surface area contributed by atoms with Crippen molar-refractivity contribution in [2.24, 2.45) is 5.92 Å². The van der Waals surface area contributed by atoms with Gasteiger partial charge in [0.2, 0.25) is 5.91 Å². The van der Waals surface area contributed by atoms with Gasteiger partial charge in [0.1, 0.15) is 5.82 Å². The van der Waals surface area contributed by atoms with E-state index in [0.29, 0.717) is 6.04 Å². The first-order chi connectivity index (χ1) is 8.16. The van der Waals surface area contributed by atoms with Crippen LogP contribution in [0.3, 0.4) is 0 Å². The Hall–Kier alpha value is -1.38. The highest BCUT2D eigenvalue weighted by Crippen LogP contribution is 2.42. The Balaban J connectivity index is 1.85. The monoisotopic (exact) mass is 233 g/mol. The molecule has 2 fully saturated rings. The molecule has 0 unspecified atom stereocenters. The number of likely N-dealkylation sites (tertiary alicyclic amines) is 1. The van der Waals surface area contributed by atoms with Crippen LogP contribution >= 0.6 is 0 Å². The Morgan fingerprint density at radius 1 is 1.29 bits per heavy atom. The molecule has 0 N–H and O–H groups in total.